The van der Waals surface area contributed by atoms with Gasteiger partial charge in [-0.3, -0.25) is 9.69 Å². The summed E-state index contributed by atoms with van der Waals surface area (Å²) in [6.45, 7) is 2.51. The summed E-state index contributed by atoms with van der Waals surface area (Å²) in [5, 5.41) is 11.2. The third kappa shape index (κ3) is 6.55. The number of nitrogens with zero attached hydrogens (tertiary/aromatic N) is 2. The SMILES string of the molecule is O=CO.O=S(=O)(Cc1cscn1)c1c(F)cc(NCc2cc(CN3CCC3)ccc2F)cc1F. The van der Waals surface area contributed by atoms with Crippen LogP contribution in [0, 0.1) is 17.5 Å². The van der Waals surface area contributed by atoms with Gasteiger partial charge in [-0.05, 0) is 49.3 Å². The van der Waals surface area contributed by atoms with E-state index in [2.05, 4.69) is 15.2 Å². The normalized spacial score (nSPS) is 13.5. The number of aromatic nitrogens is 1. The number of rotatable bonds is 8. The second-order valence-corrected chi connectivity index (χ2v) is 10.2. The van der Waals surface area contributed by atoms with Gasteiger partial charge in [0.1, 0.15) is 22.3 Å². The van der Waals surface area contributed by atoms with Crippen molar-refractivity contribution in [1.29, 1.82) is 0 Å². The molecule has 7 nitrogen and oxygen atoms in total. The number of hydrogen-bond donors (Lipinski definition) is 2. The Morgan fingerprint density at radius 2 is 1.79 bits per heavy atom. The van der Waals surface area contributed by atoms with Gasteiger partial charge in [-0.25, -0.2) is 26.6 Å². The van der Waals surface area contributed by atoms with Crippen LogP contribution in [0.5, 0.6) is 0 Å². The lowest BCUT2D eigenvalue weighted by molar-refractivity contribution is -0.122. The highest BCUT2D eigenvalue weighted by molar-refractivity contribution is 7.90. The number of anilines is 1. The summed E-state index contributed by atoms with van der Waals surface area (Å²) in [4.78, 5) is 13.5. The molecule has 1 aliphatic heterocycles. The van der Waals surface area contributed by atoms with E-state index in [-0.39, 0.29) is 24.4 Å². The predicted molar refractivity (Wildman–Crippen MR) is 122 cm³/mol. The molecule has 0 radical (unpaired) electrons. The first-order chi connectivity index (χ1) is 16.2. The molecule has 1 saturated heterocycles. The van der Waals surface area contributed by atoms with Crippen LogP contribution in [0.3, 0.4) is 0 Å². The summed E-state index contributed by atoms with van der Waals surface area (Å²) in [5.41, 5.74) is 3.01. The van der Waals surface area contributed by atoms with E-state index in [4.69, 9.17) is 9.90 Å². The van der Waals surface area contributed by atoms with Crippen molar-refractivity contribution in [2.45, 2.75) is 30.2 Å². The van der Waals surface area contributed by atoms with Crippen LogP contribution in [-0.2, 0) is 33.5 Å². The van der Waals surface area contributed by atoms with Crippen molar-refractivity contribution in [3.8, 4) is 0 Å². The maximum atomic E-state index is 14.5. The first-order valence-corrected chi connectivity index (χ1v) is 12.7. The third-order valence-electron chi connectivity index (χ3n) is 5.08. The van der Waals surface area contributed by atoms with E-state index in [1.165, 1.54) is 28.3 Å². The maximum Gasteiger partial charge on any atom is 0.290 e. The highest BCUT2D eigenvalue weighted by atomic mass is 32.2. The molecule has 0 spiro atoms. The Hall–Kier alpha value is -2.96. The minimum absolute atomic E-state index is 0.00345. The molecule has 0 aliphatic carbocycles. The third-order valence-corrected chi connectivity index (χ3v) is 7.40. The molecule has 12 heteroatoms. The van der Waals surface area contributed by atoms with Crippen LogP contribution in [-0.4, -0.2) is 43.0 Å². The van der Waals surface area contributed by atoms with E-state index in [0.717, 1.165) is 43.8 Å². The number of carbonyl (C=O) groups is 1. The summed E-state index contributed by atoms with van der Waals surface area (Å²) < 4.78 is 68.1. The Balaban J connectivity index is 0.00000103. The van der Waals surface area contributed by atoms with Gasteiger partial charge in [-0.15, -0.1) is 11.3 Å². The molecule has 1 aromatic heterocycles. The summed E-state index contributed by atoms with van der Waals surface area (Å²) in [5.74, 6) is -3.43. The van der Waals surface area contributed by atoms with Gasteiger partial charge >= 0.3 is 0 Å². The van der Waals surface area contributed by atoms with E-state index >= 15 is 0 Å². The molecule has 3 aromatic rings. The van der Waals surface area contributed by atoms with E-state index in [0.29, 0.717) is 5.56 Å². The summed E-state index contributed by atoms with van der Waals surface area (Å²) >= 11 is 1.19. The van der Waals surface area contributed by atoms with Crippen molar-refractivity contribution < 1.29 is 31.5 Å². The van der Waals surface area contributed by atoms with Crippen LogP contribution in [0.2, 0.25) is 0 Å². The van der Waals surface area contributed by atoms with Gasteiger partial charge in [0.05, 0.1) is 17.0 Å². The Morgan fingerprint density at radius 3 is 2.35 bits per heavy atom. The average molecular weight is 514 g/mol. The predicted octanol–water partition coefficient (Wildman–Crippen LogP) is 4.05. The zero-order chi connectivity index (χ0) is 24.7. The quantitative estimate of drug-likeness (QED) is 0.439. The first-order valence-electron chi connectivity index (χ1n) is 10.1. The molecule has 2 N–H and O–H groups in total. The largest absolute Gasteiger partial charge is 0.483 e. The molecule has 0 amide bonds. The molecule has 2 aromatic carbocycles. The molecule has 0 atom stereocenters. The first kappa shape index (κ1) is 25.7. The molecule has 1 aliphatic rings. The molecule has 34 heavy (non-hydrogen) atoms. The molecule has 0 saturated carbocycles. The fourth-order valence-corrected chi connectivity index (χ4v) is 5.46. The highest BCUT2D eigenvalue weighted by Gasteiger charge is 2.26. The second-order valence-electron chi connectivity index (χ2n) is 7.52. The number of sulfone groups is 1. The Bertz CT molecular complexity index is 1210. The van der Waals surface area contributed by atoms with Gasteiger partial charge in [0.15, 0.2) is 9.84 Å². The van der Waals surface area contributed by atoms with Crippen LogP contribution in [0.1, 0.15) is 23.2 Å². The van der Waals surface area contributed by atoms with Gasteiger partial charge in [-0.1, -0.05) is 6.07 Å². The van der Waals surface area contributed by atoms with E-state index in [1.807, 2.05) is 0 Å². The standard InChI is InChI=1S/C21H20F3N3O2S2.CH2O2/c22-18-3-2-14(10-27-4-1-5-27)6-15(18)9-25-16-7-19(23)21(20(24)8-16)31(28,29)12-17-11-30-13-26-17;2-1-3/h2-3,6-8,11,13,25H,1,4-5,9-10,12H2;1H,(H,2,3). The number of likely N-dealkylation sites (tertiary alicyclic amines) is 1. The van der Waals surface area contributed by atoms with Gasteiger partial charge in [0.25, 0.3) is 6.47 Å². The second kappa shape index (κ2) is 11.4. The van der Waals surface area contributed by atoms with Crippen molar-refractivity contribution >= 4 is 33.3 Å². The molecule has 1 fully saturated rings. The lowest BCUT2D eigenvalue weighted by atomic mass is 10.1. The Labute approximate surface area is 198 Å². The van der Waals surface area contributed by atoms with Gasteiger partial charge in [0.2, 0.25) is 0 Å². The van der Waals surface area contributed by atoms with Crippen molar-refractivity contribution in [3.63, 3.8) is 0 Å². The Morgan fingerprint density at radius 1 is 1.12 bits per heavy atom. The van der Waals surface area contributed by atoms with Crippen LogP contribution in [0.25, 0.3) is 0 Å². The fourth-order valence-electron chi connectivity index (χ4n) is 3.39. The van der Waals surface area contributed by atoms with E-state index < -0.39 is 37.9 Å². The molecule has 4 rings (SSSR count). The minimum Gasteiger partial charge on any atom is -0.483 e. The summed E-state index contributed by atoms with van der Waals surface area (Å²) in [7, 11) is -4.25. The average Bonchev–Trinajstić information content (AvgIpc) is 3.23. The van der Waals surface area contributed by atoms with Crippen molar-refractivity contribution in [2.24, 2.45) is 0 Å². The fraction of sp³-hybridized carbons (Fsp3) is 0.273. The minimum atomic E-state index is -4.25. The van der Waals surface area contributed by atoms with Crippen molar-refractivity contribution in [1.82, 2.24) is 9.88 Å². The molecule has 182 valence electrons. The monoisotopic (exact) mass is 513 g/mol. The zero-order valence-electron chi connectivity index (χ0n) is 17.9. The summed E-state index contributed by atoms with van der Waals surface area (Å²) in [6, 6.07) is 6.62. The molecule has 0 bridgehead atoms. The zero-order valence-corrected chi connectivity index (χ0v) is 19.5. The number of nitrogens with one attached hydrogen (secondary N) is 1. The number of halogens is 3. The number of benzene rings is 2. The molecule has 0 unspecified atom stereocenters. The van der Waals surface area contributed by atoms with Crippen molar-refractivity contribution in [3.05, 3.63) is 75.5 Å². The number of thiazole rings is 1. The van der Waals surface area contributed by atoms with Crippen LogP contribution < -0.4 is 5.32 Å². The van der Waals surface area contributed by atoms with Gasteiger partial charge in [0, 0.05) is 29.7 Å². The Kier molecular flexibility index (Phi) is 8.64. The lowest BCUT2D eigenvalue weighted by Crippen LogP contribution is -2.36. The van der Waals surface area contributed by atoms with Crippen LogP contribution in [0.4, 0.5) is 18.9 Å². The number of hydrogen-bond acceptors (Lipinski definition) is 7. The molecular weight excluding hydrogens is 491 g/mol. The van der Waals surface area contributed by atoms with Crippen molar-refractivity contribution in [2.75, 3.05) is 18.4 Å². The van der Waals surface area contributed by atoms with Gasteiger partial charge in [-0.2, -0.15) is 0 Å². The van der Waals surface area contributed by atoms with E-state index in [1.54, 1.807) is 12.1 Å². The maximum absolute atomic E-state index is 14.5. The molecule has 2 heterocycles. The van der Waals surface area contributed by atoms with Crippen LogP contribution >= 0.6 is 11.3 Å². The summed E-state index contributed by atoms with van der Waals surface area (Å²) in [6.07, 6.45) is 1.15. The lowest BCUT2D eigenvalue weighted by Gasteiger charge is -2.30. The number of carboxylic acid groups (broad SMARTS) is 1. The highest BCUT2D eigenvalue weighted by Crippen LogP contribution is 2.27. The smallest absolute Gasteiger partial charge is 0.290 e. The van der Waals surface area contributed by atoms with Gasteiger partial charge < -0.3 is 10.4 Å². The van der Waals surface area contributed by atoms with Crippen LogP contribution in [0.15, 0.2) is 46.1 Å². The van der Waals surface area contributed by atoms with E-state index in [9.17, 15) is 21.6 Å². The topological polar surface area (TPSA) is 99.6 Å². The molecular formula is C22H22F3N3O4S2.